The molecule has 12 rings (SSSR count). The highest BCUT2D eigenvalue weighted by Crippen LogP contribution is 2.49. The van der Waals surface area contributed by atoms with Gasteiger partial charge < -0.3 is 9.47 Å². The highest BCUT2D eigenvalue weighted by atomic mass is 15.1. The van der Waals surface area contributed by atoms with E-state index in [9.17, 15) is 0 Å². The van der Waals surface area contributed by atoms with E-state index < -0.39 is 0 Å². The molecule has 0 atom stereocenters. The number of benzene rings is 10. The van der Waals surface area contributed by atoms with Gasteiger partial charge >= 0.3 is 0 Å². The zero-order valence-electron chi connectivity index (χ0n) is 34.7. The van der Waals surface area contributed by atoms with Crippen molar-refractivity contribution in [2.24, 2.45) is 0 Å². The smallest absolute Gasteiger partial charge is 0.0542 e. The second kappa shape index (κ2) is 15.2. The van der Waals surface area contributed by atoms with Gasteiger partial charge in [-0.1, -0.05) is 183 Å². The zero-order chi connectivity index (χ0) is 41.0. The highest BCUT2D eigenvalue weighted by molar-refractivity contribution is 6.15. The molecule has 2 nitrogen and oxygen atoms in total. The van der Waals surface area contributed by atoms with Crippen molar-refractivity contribution < 1.29 is 0 Å². The molecule has 0 bridgehead atoms. The van der Waals surface area contributed by atoms with Gasteiger partial charge in [-0.05, 0) is 116 Å². The van der Waals surface area contributed by atoms with Gasteiger partial charge in [0.05, 0.1) is 22.4 Å². The summed E-state index contributed by atoms with van der Waals surface area (Å²) in [5, 5.41) is 10.2. The fraction of sp³-hybridized carbons (Fsp3) is 0.100. The van der Waals surface area contributed by atoms with Gasteiger partial charge in [0.2, 0.25) is 0 Å². The normalized spacial score (nSPS) is 13.4. The second-order valence-electron chi connectivity index (χ2n) is 17.0. The summed E-state index contributed by atoms with van der Waals surface area (Å²) in [4.78, 5) is 2.54. The molecule has 1 saturated carbocycles. The van der Waals surface area contributed by atoms with E-state index in [-0.39, 0.29) is 0 Å². The van der Waals surface area contributed by atoms with Crippen LogP contribution in [0.4, 0.5) is 17.1 Å². The zero-order valence-corrected chi connectivity index (χ0v) is 34.7. The van der Waals surface area contributed by atoms with Gasteiger partial charge in [-0.2, -0.15) is 0 Å². The molecular formula is C60H46N2. The minimum Gasteiger partial charge on any atom is -0.309 e. The Kier molecular flexibility index (Phi) is 8.96. The summed E-state index contributed by atoms with van der Waals surface area (Å²) in [5.74, 6) is 0.573. The van der Waals surface area contributed by atoms with Crippen molar-refractivity contribution >= 4 is 71.2 Å². The van der Waals surface area contributed by atoms with Crippen molar-refractivity contribution in [3.63, 3.8) is 0 Å². The first-order valence-electron chi connectivity index (χ1n) is 22.3. The van der Waals surface area contributed by atoms with E-state index in [1.54, 1.807) is 0 Å². The summed E-state index contributed by atoms with van der Waals surface area (Å²) in [5.41, 5.74) is 13.4. The lowest BCUT2D eigenvalue weighted by molar-refractivity contribution is 0.445. The van der Waals surface area contributed by atoms with Crippen molar-refractivity contribution in [3.8, 4) is 27.9 Å². The lowest BCUT2D eigenvalue weighted by Crippen LogP contribution is -2.13. The van der Waals surface area contributed by atoms with E-state index in [2.05, 4.69) is 222 Å². The summed E-state index contributed by atoms with van der Waals surface area (Å²) < 4.78 is 2.41. The van der Waals surface area contributed by atoms with Crippen LogP contribution in [-0.4, -0.2) is 4.57 Å². The molecule has 0 saturated heterocycles. The average Bonchev–Trinajstić information content (AvgIpc) is 3.68. The van der Waals surface area contributed by atoms with Crippen molar-refractivity contribution in [1.82, 2.24) is 4.57 Å². The monoisotopic (exact) mass is 794 g/mol. The van der Waals surface area contributed by atoms with Crippen LogP contribution in [0.25, 0.3) is 82.1 Å². The molecule has 10 aromatic carbocycles. The number of aromatic nitrogens is 1. The van der Waals surface area contributed by atoms with E-state index >= 15 is 0 Å². The first-order valence-corrected chi connectivity index (χ1v) is 22.3. The maximum Gasteiger partial charge on any atom is 0.0542 e. The number of para-hydroxylation sites is 4. The van der Waals surface area contributed by atoms with Gasteiger partial charge in [0.1, 0.15) is 0 Å². The van der Waals surface area contributed by atoms with Crippen molar-refractivity contribution in [1.29, 1.82) is 0 Å². The van der Waals surface area contributed by atoms with Gasteiger partial charge in [-0.3, -0.25) is 0 Å². The molecule has 11 aromatic rings. The molecule has 0 spiro atoms. The molecule has 1 heterocycles. The maximum atomic E-state index is 2.54. The molecule has 296 valence electrons. The van der Waals surface area contributed by atoms with Crippen LogP contribution in [0.2, 0.25) is 0 Å². The Bertz CT molecular complexity index is 3450. The van der Waals surface area contributed by atoms with Gasteiger partial charge in [0, 0.05) is 33.3 Å². The molecule has 1 aliphatic rings. The third-order valence-electron chi connectivity index (χ3n) is 13.6. The predicted octanol–water partition coefficient (Wildman–Crippen LogP) is 17.1. The molecule has 1 aliphatic carbocycles. The number of anilines is 3. The van der Waals surface area contributed by atoms with Crippen molar-refractivity contribution in [2.45, 2.75) is 38.0 Å². The third kappa shape index (κ3) is 6.01. The molecule has 1 fully saturated rings. The summed E-state index contributed by atoms with van der Waals surface area (Å²) in [6, 6.07) is 78.9. The Balaban J connectivity index is 1.14. The lowest BCUT2D eigenvalue weighted by Gasteiger charge is -2.31. The quantitative estimate of drug-likeness (QED) is 0.146. The fourth-order valence-corrected chi connectivity index (χ4v) is 10.8. The molecule has 1 aromatic heterocycles. The molecule has 0 amide bonds. The Morgan fingerprint density at radius 1 is 0.371 bits per heavy atom. The Hall–Kier alpha value is -7.42. The summed E-state index contributed by atoms with van der Waals surface area (Å²) in [6.45, 7) is 0. The first-order chi connectivity index (χ1) is 30.8. The Morgan fingerprint density at radius 3 is 1.79 bits per heavy atom. The molecule has 0 radical (unpaired) electrons. The van der Waals surface area contributed by atoms with E-state index in [0.29, 0.717) is 5.92 Å². The standard InChI is InChI=1S/C60H46N2/c1-3-18-41(19-4-1)47-29-15-21-43-22-16-32-54(60(43)47)52-27-10-13-34-57(52)62(45-37-39-59-55(40-45)53-28-11-14-35-58(53)61(59)44-23-5-2-6-24-44)56-33-12-9-26-51(56)49-31-17-30-48-46-25-8-7-20-42(46)36-38-50(48)49/h2,5-17,20-41H,1,3-4,18-19H2. The Morgan fingerprint density at radius 2 is 0.968 bits per heavy atom. The number of nitrogens with zero attached hydrogens (tertiary/aromatic N) is 2. The maximum absolute atomic E-state index is 2.54. The van der Waals surface area contributed by atoms with E-state index in [1.807, 2.05) is 0 Å². The van der Waals surface area contributed by atoms with Crippen LogP contribution in [-0.2, 0) is 0 Å². The van der Waals surface area contributed by atoms with Crippen LogP contribution in [0, 0.1) is 0 Å². The molecular weight excluding hydrogens is 749 g/mol. The molecule has 0 N–H and O–H groups in total. The third-order valence-corrected chi connectivity index (χ3v) is 13.6. The van der Waals surface area contributed by atoms with Gasteiger partial charge in [-0.15, -0.1) is 0 Å². The van der Waals surface area contributed by atoms with Crippen LogP contribution in [0.1, 0.15) is 43.6 Å². The van der Waals surface area contributed by atoms with E-state index in [4.69, 9.17) is 0 Å². The van der Waals surface area contributed by atoms with Crippen LogP contribution in [0.5, 0.6) is 0 Å². The summed E-state index contributed by atoms with van der Waals surface area (Å²) >= 11 is 0. The van der Waals surface area contributed by atoms with Crippen LogP contribution >= 0.6 is 0 Å². The largest absolute Gasteiger partial charge is 0.309 e. The highest BCUT2D eigenvalue weighted by Gasteiger charge is 2.25. The van der Waals surface area contributed by atoms with E-state index in [0.717, 1.165) is 22.7 Å². The van der Waals surface area contributed by atoms with Gasteiger partial charge in [0.15, 0.2) is 0 Å². The van der Waals surface area contributed by atoms with Crippen molar-refractivity contribution in [2.75, 3.05) is 4.90 Å². The Labute approximate surface area is 362 Å². The predicted molar refractivity (Wildman–Crippen MR) is 265 cm³/mol. The first kappa shape index (κ1) is 36.4. The topological polar surface area (TPSA) is 8.17 Å². The molecule has 2 heteroatoms. The number of rotatable bonds is 7. The average molecular weight is 795 g/mol. The number of fused-ring (bicyclic) bond motifs is 7. The molecule has 0 unspecified atom stereocenters. The van der Waals surface area contributed by atoms with Crippen LogP contribution < -0.4 is 4.90 Å². The fourth-order valence-electron chi connectivity index (χ4n) is 10.8. The molecule has 62 heavy (non-hydrogen) atoms. The van der Waals surface area contributed by atoms with Crippen LogP contribution in [0.3, 0.4) is 0 Å². The summed E-state index contributed by atoms with van der Waals surface area (Å²) in [7, 11) is 0. The minimum atomic E-state index is 0.573. The van der Waals surface area contributed by atoms with Gasteiger partial charge in [-0.25, -0.2) is 0 Å². The summed E-state index contributed by atoms with van der Waals surface area (Å²) in [6.07, 6.45) is 6.46. The lowest BCUT2D eigenvalue weighted by atomic mass is 9.80. The minimum absolute atomic E-state index is 0.573. The van der Waals surface area contributed by atoms with Crippen LogP contribution in [0.15, 0.2) is 212 Å². The molecule has 0 aliphatic heterocycles. The second-order valence-corrected chi connectivity index (χ2v) is 17.0. The number of hydrogen-bond acceptors (Lipinski definition) is 1. The van der Waals surface area contributed by atoms with E-state index in [1.165, 1.54) is 114 Å². The SMILES string of the molecule is c1ccc(-n2c3ccccc3c3cc(N(c4ccccc4-c4cccc5c4ccc4ccccc45)c4ccccc4-c4cccc5cccc(C6CCCCC6)c45)ccc32)cc1. The van der Waals surface area contributed by atoms with Gasteiger partial charge in [0.25, 0.3) is 0 Å². The van der Waals surface area contributed by atoms with Crippen molar-refractivity contribution in [3.05, 3.63) is 218 Å². The number of hydrogen-bond donors (Lipinski definition) is 0.